The highest BCUT2D eigenvalue weighted by atomic mass is 16.4. The van der Waals surface area contributed by atoms with Gasteiger partial charge >= 0.3 is 5.97 Å². The number of amides is 1. The third-order valence-electron chi connectivity index (χ3n) is 4.63. The van der Waals surface area contributed by atoms with Gasteiger partial charge in [0, 0.05) is 31.7 Å². The van der Waals surface area contributed by atoms with E-state index in [4.69, 9.17) is 10.8 Å². The predicted molar refractivity (Wildman–Crippen MR) is 88.7 cm³/mol. The molecule has 24 heavy (non-hydrogen) atoms. The Bertz CT molecular complexity index is 897. The molecular weight excluding hydrogens is 310 g/mol. The summed E-state index contributed by atoms with van der Waals surface area (Å²) in [6.45, 7) is 0.401. The number of nitrogens with zero attached hydrogens (tertiary/aromatic N) is 1. The van der Waals surface area contributed by atoms with E-state index >= 15 is 0 Å². The number of fused-ring (bicyclic) bond motifs is 1. The lowest BCUT2D eigenvalue weighted by molar-refractivity contribution is -0.143. The summed E-state index contributed by atoms with van der Waals surface area (Å²) in [7, 11) is 1.75. The number of nitrogens with two attached hydrogens (primary N) is 1. The SMILES string of the molecule is Cn1cc(C(=O)NCC2(C(=O)O)CC2)c(=O)c2ccc(CN)cc21. The zero-order valence-corrected chi connectivity index (χ0v) is 13.3. The molecule has 1 saturated carbocycles. The third kappa shape index (κ3) is 2.67. The van der Waals surface area contributed by atoms with Crippen LogP contribution in [-0.4, -0.2) is 28.1 Å². The molecule has 1 aliphatic carbocycles. The number of hydrogen-bond donors (Lipinski definition) is 3. The highest BCUT2D eigenvalue weighted by molar-refractivity contribution is 5.97. The maximum absolute atomic E-state index is 12.6. The Morgan fingerprint density at radius 1 is 1.38 bits per heavy atom. The van der Waals surface area contributed by atoms with Crippen molar-refractivity contribution < 1.29 is 14.7 Å². The van der Waals surface area contributed by atoms with Gasteiger partial charge in [0.1, 0.15) is 5.56 Å². The first-order valence-electron chi connectivity index (χ1n) is 7.72. The van der Waals surface area contributed by atoms with Gasteiger partial charge in [0.2, 0.25) is 5.43 Å². The molecule has 0 bridgehead atoms. The van der Waals surface area contributed by atoms with Crippen LogP contribution in [0.15, 0.2) is 29.2 Å². The number of carboxylic acids is 1. The van der Waals surface area contributed by atoms with Gasteiger partial charge in [-0.05, 0) is 30.5 Å². The van der Waals surface area contributed by atoms with Crippen LogP contribution in [0.5, 0.6) is 0 Å². The third-order valence-corrected chi connectivity index (χ3v) is 4.63. The molecule has 1 aromatic heterocycles. The van der Waals surface area contributed by atoms with Crippen molar-refractivity contribution in [2.24, 2.45) is 18.2 Å². The first-order valence-corrected chi connectivity index (χ1v) is 7.72. The molecule has 1 aliphatic rings. The van der Waals surface area contributed by atoms with E-state index in [1.54, 1.807) is 23.7 Å². The van der Waals surface area contributed by atoms with E-state index in [-0.39, 0.29) is 17.5 Å². The first-order chi connectivity index (χ1) is 11.4. The number of aryl methyl sites for hydroxylation is 1. The average molecular weight is 329 g/mol. The summed E-state index contributed by atoms with van der Waals surface area (Å²) in [5.41, 5.74) is 5.98. The van der Waals surface area contributed by atoms with Crippen molar-refractivity contribution in [2.45, 2.75) is 19.4 Å². The summed E-state index contributed by atoms with van der Waals surface area (Å²) in [6.07, 6.45) is 2.56. The molecule has 0 saturated heterocycles. The Balaban J connectivity index is 1.92. The van der Waals surface area contributed by atoms with Crippen LogP contribution in [-0.2, 0) is 18.4 Å². The fraction of sp³-hybridized carbons (Fsp3) is 0.353. The van der Waals surface area contributed by atoms with Gasteiger partial charge in [-0.2, -0.15) is 0 Å². The topological polar surface area (TPSA) is 114 Å². The Morgan fingerprint density at radius 3 is 2.67 bits per heavy atom. The minimum atomic E-state index is -0.913. The quantitative estimate of drug-likeness (QED) is 0.743. The predicted octanol–water partition coefficient (Wildman–Crippen LogP) is 0.592. The smallest absolute Gasteiger partial charge is 0.311 e. The lowest BCUT2D eigenvalue weighted by Crippen LogP contribution is -2.36. The van der Waals surface area contributed by atoms with E-state index < -0.39 is 17.3 Å². The molecule has 2 aromatic rings. The molecule has 0 atom stereocenters. The monoisotopic (exact) mass is 329 g/mol. The molecule has 4 N–H and O–H groups in total. The van der Waals surface area contributed by atoms with Crippen LogP contribution in [0.4, 0.5) is 0 Å². The summed E-state index contributed by atoms with van der Waals surface area (Å²) < 4.78 is 1.70. The lowest BCUT2D eigenvalue weighted by Gasteiger charge is -2.13. The molecule has 7 nitrogen and oxygen atoms in total. The van der Waals surface area contributed by atoms with E-state index in [9.17, 15) is 14.4 Å². The lowest BCUT2D eigenvalue weighted by atomic mass is 10.1. The molecule has 126 valence electrons. The van der Waals surface area contributed by atoms with Crippen molar-refractivity contribution in [1.29, 1.82) is 0 Å². The van der Waals surface area contributed by atoms with Gasteiger partial charge in [0.05, 0.1) is 10.9 Å². The van der Waals surface area contributed by atoms with Crippen molar-refractivity contribution in [3.8, 4) is 0 Å². The maximum atomic E-state index is 12.6. The normalized spacial score (nSPS) is 15.2. The van der Waals surface area contributed by atoms with E-state index in [1.807, 2.05) is 6.07 Å². The van der Waals surface area contributed by atoms with Crippen LogP contribution in [0.1, 0.15) is 28.8 Å². The standard InChI is InChI=1S/C17H19N3O4/c1-20-8-12(15(22)19-9-17(4-5-17)16(23)24)14(21)11-3-2-10(7-18)6-13(11)20/h2-3,6,8H,4-5,7,9,18H2,1H3,(H,19,22)(H,23,24). The molecule has 0 unspecified atom stereocenters. The number of aliphatic carboxylic acids is 1. The number of pyridine rings is 1. The highest BCUT2D eigenvalue weighted by Gasteiger charge is 2.50. The number of aromatic nitrogens is 1. The second-order valence-electron chi connectivity index (χ2n) is 6.31. The van der Waals surface area contributed by atoms with Crippen molar-refractivity contribution >= 4 is 22.8 Å². The van der Waals surface area contributed by atoms with Crippen molar-refractivity contribution in [3.05, 3.63) is 45.7 Å². The van der Waals surface area contributed by atoms with Crippen LogP contribution >= 0.6 is 0 Å². The molecule has 0 spiro atoms. The van der Waals surface area contributed by atoms with Crippen LogP contribution in [0.3, 0.4) is 0 Å². The van der Waals surface area contributed by atoms with E-state index in [1.165, 1.54) is 6.20 Å². The Hall–Kier alpha value is -2.67. The molecule has 1 fully saturated rings. The number of rotatable bonds is 5. The van der Waals surface area contributed by atoms with Gasteiger partial charge in [-0.3, -0.25) is 14.4 Å². The summed E-state index contributed by atoms with van der Waals surface area (Å²) in [4.78, 5) is 36.1. The van der Waals surface area contributed by atoms with Crippen LogP contribution in [0.25, 0.3) is 10.9 Å². The van der Waals surface area contributed by atoms with Gasteiger partial charge in [-0.15, -0.1) is 0 Å². The number of carbonyl (C=O) groups is 2. The number of carbonyl (C=O) groups excluding carboxylic acids is 1. The summed E-state index contributed by atoms with van der Waals surface area (Å²) in [5, 5.41) is 12.2. The van der Waals surface area contributed by atoms with Gasteiger partial charge in [-0.25, -0.2) is 0 Å². The largest absolute Gasteiger partial charge is 0.481 e. The summed E-state index contributed by atoms with van der Waals surface area (Å²) >= 11 is 0. The Labute approximate surface area is 138 Å². The van der Waals surface area contributed by atoms with Crippen molar-refractivity contribution in [3.63, 3.8) is 0 Å². The fourth-order valence-electron chi connectivity index (χ4n) is 2.78. The molecule has 3 rings (SSSR count). The van der Waals surface area contributed by atoms with Gasteiger partial charge in [0.25, 0.3) is 5.91 Å². The van der Waals surface area contributed by atoms with Crippen molar-refractivity contribution in [1.82, 2.24) is 9.88 Å². The van der Waals surface area contributed by atoms with E-state index in [0.29, 0.717) is 30.3 Å². The zero-order valence-electron chi connectivity index (χ0n) is 13.3. The van der Waals surface area contributed by atoms with E-state index in [0.717, 1.165) is 5.56 Å². The molecule has 0 radical (unpaired) electrons. The first kappa shape index (κ1) is 16.2. The highest BCUT2D eigenvalue weighted by Crippen LogP contribution is 2.45. The fourth-order valence-corrected chi connectivity index (χ4v) is 2.78. The number of nitrogens with one attached hydrogen (secondary N) is 1. The van der Waals surface area contributed by atoms with Crippen LogP contribution in [0.2, 0.25) is 0 Å². The number of benzene rings is 1. The second kappa shape index (κ2) is 5.76. The molecule has 1 amide bonds. The minimum Gasteiger partial charge on any atom is -0.481 e. The minimum absolute atomic E-state index is 0.00619. The van der Waals surface area contributed by atoms with E-state index in [2.05, 4.69) is 5.32 Å². The molecule has 1 heterocycles. The van der Waals surface area contributed by atoms with Crippen LogP contribution in [0, 0.1) is 5.41 Å². The second-order valence-corrected chi connectivity index (χ2v) is 6.31. The maximum Gasteiger partial charge on any atom is 0.311 e. The van der Waals surface area contributed by atoms with Crippen molar-refractivity contribution in [2.75, 3.05) is 6.54 Å². The average Bonchev–Trinajstić information content (AvgIpc) is 3.37. The summed E-state index contributed by atoms with van der Waals surface area (Å²) in [5.74, 6) is -1.46. The van der Waals surface area contributed by atoms with Crippen LogP contribution < -0.4 is 16.5 Å². The van der Waals surface area contributed by atoms with Gasteiger partial charge in [-0.1, -0.05) is 6.07 Å². The van der Waals surface area contributed by atoms with Gasteiger partial charge < -0.3 is 20.7 Å². The number of carboxylic acid groups (broad SMARTS) is 1. The molecule has 7 heteroatoms. The Morgan fingerprint density at radius 2 is 2.08 bits per heavy atom. The molecular formula is C17H19N3O4. The zero-order chi connectivity index (χ0) is 17.5. The molecule has 0 aliphatic heterocycles. The summed E-state index contributed by atoms with van der Waals surface area (Å²) in [6, 6.07) is 5.24. The number of hydrogen-bond acceptors (Lipinski definition) is 4. The Kier molecular flexibility index (Phi) is 3.88. The van der Waals surface area contributed by atoms with Gasteiger partial charge in [0.15, 0.2) is 0 Å². The molecule has 1 aromatic carbocycles.